The molecule has 2 amide bonds. The smallest absolute Gasteiger partial charge is 0.313 e. The first-order valence-corrected chi connectivity index (χ1v) is 7.70. The van der Waals surface area contributed by atoms with E-state index in [2.05, 4.69) is 10.3 Å². The first kappa shape index (κ1) is 14.5. The minimum atomic E-state index is -0.583. The van der Waals surface area contributed by atoms with E-state index in [0.717, 1.165) is 31.1 Å². The van der Waals surface area contributed by atoms with Crippen LogP contribution in [-0.4, -0.2) is 34.8 Å². The van der Waals surface area contributed by atoms with Gasteiger partial charge in [-0.2, -0.15) is 0 Å². The van der Waals surface area contributed by atoms with E-state index in [0.29, 0.717) is 24.3 Å². The minimum absolute atomic E-state index is 0.449. The van der Waals surface area contributed by atoms with Crippen molar-refractivity contribution in [2.45, 2.75) is 25.7 Å². The van der Waals surface area contributed by atoms with Crippen molar-refractivity contribution in [2.75, 3.05) is 18.4 Å². The third kappa shape index (κ3) is 3.08. The maximum absolute atomic E-state index is 12.3. The minimum Gasteiger partial charge on any atom is -0.334 e. The van der Waals surface area contributed by atoms with E-state index in [1.54, 1.807) is 17.2 Å². The number of carbonyl (C=O) groups is 2. The Kier molecular flexibility index (Phi) is 4.32. The predicted molar refractivity (Wildman–Crippen MR) is 85.4 cm³/mol. The molecule has 0 saturated carbocycles. The van der Waals surface area contributed by atoms with Crippen molar-refractivity contribution in [3.05, 3.63) is 36.5 Å². The molecule has 1 N–H and O–H groups in total. The number of nitrogens with one attached hydrogen (secondary N) is 1. The van der Waals surface area contributed by atoms with Crippen LogP contribution >= 0.6 is 0 Å². The van der Waals surface area contributed by atoms with Crippen molar-refractivity contribution < 1.29 is 9.59 Å². The van der Waals surface area contributed by atoms with Gasteiger partial charge in [0.2, 0.25) is 0 Å². The fourth-order valence-corrected chi connectivity index (χ4v) is 2.80. The van der Waals surface area contributed by atoms with Gasteiger partial charge in [-0.1, -0.05) is 31.0 Å². The molecule has 2 heterocycles. The average molecular weight is 297 g/mol. The van der Waals surface area contributed by atoms with E-state index >= 15 is 0 Å². The highest BCUT2D eigenvalue weighted by Gasteiger charge is 2.23. The van der Waals surface area contributed by atoms with Crippen LogP contribution in [0.2, 0.25) is 0 Å². The molecular formula is C17H19N3O2. The second kappa shape index (κ2) is 6.56. The number of amides is 2. The highest BCUT2D eigenvalue weighted by molar-refractivity contribution is 6.40. The number of nitrogens with zero attached hydrogens (tertiary/aromatic N) is 2. The molecule has 3 rings (SSSR count). The summed E-state index contributed by atoms with van der Waals surface area (Å²) < 4.78 is 0. The number of pyridine rings is 1. The lowest BCUT2D eigenvalue weighted by molar-refractivity contribution is -0.143. The van der Waals surface area contributed by atoms with Crippen LogP contribution in [0, 0.1) is 0 Å². The van der Waals surface area contributed by atoms with E-state index < -0.39 is 11.8 Å². The molecule has 1 fully saturated rings. The van der Waals surface area contributed by atoms with Gasteiger partial charge in [0, 0.05) is 24.7 Å². The molecule has 5 nitrogen and oxygen atoms in total. The third-order valence-corrected chi connectivity index (χ3v) is 3.97. The van der Waals surface area contributed by atoms with E-state index in [9.17, 15) is 9.59 Å². The molecule has 1 aliphatic heterocycles. The van der Waals surface area contributed by atoms with Crippen LogP contribution in [0.25, 0.3) is 10.9 Å². The number of carbonyl (C=O) groups excluding carboxylic acids is 2. The normalized spacial score (nSPS) is 15.4. The van der Waals surface area contributed by atoms with Crippen molar-refractivity contribution in [1.82, 2.24) is 9.88 Å². The monoisotopic (exact) mass is 297 g/mol. The standard InChI is InChI=1S/C17H19N3O2/c21-16(17(22)20-11-3-1-2-4-12-20)19-14-9-5-7-13-8-6-10-18-15(13)14/h5-10H,1-4,11-12H2,(H,19,21). The summed E-state index contributed by atoms with van der Waals surface area (Å²) in [5.74, 6) is -1.03. The Balaban J connectivity index is 1.76. The molecule has 1 aromatic carbocycles. The number of likely N-dealkylation sites (tertiary alicyclic amines) is 1. The average Bonchev–Trinajstić information content (AvgIpc) is 2.83. The Morgan fingerprint density at radius 2 is 1.73 bits per heavy atom. The van der Waals surface area contributed by atoms with Gasteiger partial charge >= 0.3 is 11.8 Å². The molecule has 0 aliphatic carbocycles. The number of hydrogen-bond donors (Lipinski definition) is 1. The molecule has 0 unspecified atom stereocenters. The molecule has 0 radical (unpaired) electrons. The molecule has 1 saturated heterocycles. The summed E-state index contributed by atoms with van der Waals surface area (Å²) in [5, 5.41) is 3.64. The molecule has 0 atom stereocenters. The van der Waals surface area contributed by atoms with E-state index in [1.807, 2.05) is 24.3 Å². The van der Waals surface area contributed by atoms with Crippen molar-refractivity contribution in [2.24, 2.45) is 0 Å². The van der Waals surface area contributed by atoms with Gasteiger partial charge < -0.3 is 10.2 Å². The van der Waals surface area contributed by atoms with Crippen LogP contribution in [0.15, 0.2) is 36.5 Å². The zero-order chi connectivity index (χ0) is 15.4. The zero-order valence-corrected chi connectivity index (χ0v) is 12.4. The molecule has 0 spiro atoms. The van der Waals surface area contributed by atoms with E-state index in [1.165, 1.54) is 0 Å². The van der Waals surface area contributed by atoms with E-state index in [-0.39, 0.29) is 0 Å². The molecular weight excluding hydrogens is 278 g/mol. The summed E-state index contributed by atoms with van der Waals surface area (Å²) >= 11 is 0. The van der Waals surface area contributed by atoms with Gasteiger partial charge in [-0.25, -0.2) is 0 Å². The summed E-state index contributed by atoms with van der Waals surface area (Å²) in [6, 6.07) is 9.30. The second-order valence-electron chi connectivity index (χ2n) is 5.54. The Morgan fingerprint density at radius 1 is 1.00 bits per heavy atom. The molecule has 114 valence electrons. The van der Waals surface area contributed by atoms with Crippen molar-refractivity contribution in [3.8, 4) is 0 Å². The first-order chi connectivity index (χ1) is 10.8. The van der Waals surface area contributed by atoms with Crippen LogP contribution in [0.3, 0.4) is 0 Å². The Hall–Kier alpha value is -2.43. The fourth-order valence-electron chi connectivity index (χ4n) is 2.80. The maximum atomic E-state index is 12.3. The summed E-state index contributed by atoms with van der Waals surface area (Å²) in [6.07, 6.45) is 5.86. The van der Waals surface area contributed by atoms with Crippen LogP contribution in [0.4, 0.5) is 5.69 Å². The number of hydrogen-bond acceptors (Lipinski definition) is 3. The number of para-hydroxylation sites is 1. The quantitative estimate of drug-likeness (QED) is 0.823. The van der Waals surface area contributed by atoms with Gasteiger partial charge in [0.05, 0.1) is 11.2 Å². The van der Waals surface area contributed by atoms with Crippen molar-refractivity contribution >= 4 is 28.4 Å². The topological polar surface area (TPSA) is 62.3 Å². The van der Waals surface area contributed by atoms with Gasteiger partial charge in [0.15, 0.2) is 0 Å². The van der Waals surface area contributed by atoms with Gasteiger partial charge in [-0.05, 0) is 25.0 Å². The molecule has 1 aromatic heterocycles. The number of anilines is 1. The Morgan fingerprint density at radius 3 is 2.50 bits per heavy atom. The third-order valence-electron chi connectivity index (χ3n) is 3.97. The number of aromatic nitrogens is 1. The van der Waals surface area contributed by atoms with Crippen LogP contribution < -0.4 is 5.32 Å². The Bertz CT molecular complexity index is 686. The fraction of sp³-hybridized carbons (Fsp3) is 0.353. The largest absolute Gasteiger partial charge is 0.334 e. The highest BCUT2D eigenvalue weighted by atomic mass is 16.2. The zero-order valence-electron chi connectivity index (χ0n) is 12.4. The lowest BCUT2D eigenvalue weighted by atomic mass is 10.2. The highest BCUT2D eigenvalue weighted by Crippen LogP contribution is 2.20. The molecule has 22 heavy (non-hydrogen) atoms. The summed E-state index contributed by atoms with van der Waals surface area (Å²) in [6.45, 7) is 1.33. The lowest BCUT2D eigenvalue weighted by Crippen LogP contribution is -2.40. The number of rotatable bonds is 1. The predicted octanol–water partition coefficient (Wildman–Crippen LogP) is 2.58. The molecule has 0 bridgehead atoms. The molecule has 5 heteroatoms. The maximum Gasteiger partial charge on any atom is 0.313 e. The summed E-state index contributed by atoms with van der Waals surface area (Å²) in [5.41, 5.74) is 1.27. The van der Waals surface area contributed by atoms with E-state index in [4.69, 9.17) is 0 Å². The van der Waals surface area contributed by atoms with Crippen LogP contribution in [0.5, 0.6) is 0 Å². The number of benzene rings is 1. The van der Waals surface area contributed by atoms with Crippen LogP contribution in [-0.2, 0) is 9.59 Å². The summed E-state index contributed by atoms with van der Waals surface area (Å²) in [4.78, 5) is 30.5. The van der Waals surface area contributed by atoms with Crippen molar-refractivity contribution in [3.63, 3.8) is 0 Å². The Labute approximate surface area is 129 Å². The van der Waals surface area contributed by atoms with Crippen LogP contribution in [0.1, 0.15) is 25.7 Å². The second-order valence-corrected chi connectivity index (χ2v) is 5.54. The lowest BCUT2D eigenvalue weighted by Gasteiger charge is -2.19. The van der Waals surface area contributed by atoms with Gasteiger partial charge in [-0.15, -0.1) is 0 Å². The van der Waals surface area contributed by atoms with Gasteiger partial charge in [-0.3, -0.25) is 14.6 Å². The SMILES string of the molecule is O=C(Nc1cccc2cccnc12)C(=O)N1CCCCCC1. The van der Waals surface area contributed by atoms with Gasteiger partial charge in [0.1, 0.15) is 0 Å². The molecule has 1 aliphatic rings. The molecule has 2 aromatic rings. The van der Waals surface area contributed by atoms with Gasteiger partial charge in [0.25, 0.3) is 0 Å². The summed E-state index contributed by atoms with van der Waals surface area (Å²) in [7, 11) is 0. The van der Waals surface area contributed by atoms with Crippen molar-refractivity contribution in [1.29, 1.82) is 0 Å². The number of fused-ring (bicyclic) bond motifs is 1. The first-order valence-electron chi connectivity index (χ1n) is 7.70.